The Morgan fingerprint density at radius 2 is 2.00 bits per heavy atom. The van der Waals surface area contributed by atoms with Crippen LogP contribution in [0.4, 0.5) is 0 Å². The van der Waals surface area contributed by atoms with Gasteiger partial charge in [0, 0.05) is 6.61 Å². The molecule has 132 valence electrons. The highest BCUT2D eigenvalue weighted by molar-refractivity contribution is 5.86. The molecule has 7 heteroatoms. The molecule has 4 rings (SSSR count). The third-order valence-electron chi connectivity index (χ3n) is 5.66. The van der Waals surface area contributed by atoms with Crippen LogP contribution in [0.5, 0.6) is 0 Å². The van der Waals surface area contributed by atoms with Gasteiger partial charge in [-0.05, 0) is 51.6 Å². The predicted molar refractivity (Wildman–Crippen MR) is 86.1 cm³/mol. The van der Waals surface area contributed by atoms with Crippen LogP contribution in [0.3, 0.4) is 0 Å². The van der Waals surface area contributed by atoms with Crippen molar-refractivity contribution in [3.63, 3.8) is 0 Å². The van der Waals surface area contributed by atoms with Gasteiger partial charge in [-0.1, -0.05) is 18.0 Å². The minimum Gasteiger partial charge on any atom is -0.368 e. The first-order chi connectivity index (χ1) is 11.8. The van der Waals surface area contributed by atoms with Gasteiger partial charge >= 0.3 is 0 Å². The number of nitrogens with one attached hydrogen (secondary N) is 1. The van der Waals surface area contributed by atoms with Gasteiger partial charge in [-0.2, -0.15) is 4.98 Å². The van der Waals surface area contributed by atoms with Crippen LogP contribution in [-0.2, 0) is 16.1 Å². The lowest BCUT2D eigenvalue weighted by Crippen LogP contribution is -2.56. The average Bonchev–Trinajstić information content (AvgIpc) is 3.41. The molecule has 0 bridgehead atoms. The first kappa shape index (κ1) is 16.0. The summed E-state index contributed by atoms with van der Waals surface area (Å²) < 4.78 is 10.8. The van der Waals surface area contributed by atoms with Crippen LogP contribution in [0.1, 0.15) is 69.2 Å². The minimum absolute atomic E-state index is 0.0762. The molecule has 1 aliphatic carbocycles. The minimum atomic E-state index is -0.308. The molecule has 1 saturated carbocycles. The second-order valence-electron chi connectivity index (χ2n) is 7.17. The van der Waals surface area contributed by atoms with Gasteiger partial charge < -0.3 is 14.6 Å². The van der Waals surface area contributed by atoms with E-state index in [1.807, 2.05) is 0 Å². The van der Waals surface area contributed by atoms with E-state index >= 15 is 0 Å². The molecule has 0 aromatic carbocycles. The van der Waals surface area contributed by atoms with Crippen molar-refractivity contribution < 1.29 is 14.1 Å². The zero-order chi connectivity index (χ0) is 16.4. The zero-order valence-corrected chi connectivity index (χ0v) is 14.1. The van der Waals surface area contributed by atoms with Crippen LogP contribution in [0.25, 0.3) is 0 Å². The van der Waals surface area contributed by atoms with Gasteiger partial charge in [0.1, 0.15) is 11.6 Å². The second-order valence-corrected chi connectivity index (χ2v) is 7.17. The van der Waals surface area contributed by atoms with Crippen LogP contribution in [0.2, 0.25) is 0 Å². The highest BCUT2D eigenvalue weighted by Crippen LogP contribution is 2.37. The Bertz CT molecular complexity index is 570. The van der Waals surface area contributed by atoms with Gasteiger partial charge in [-0.3, -0.25) is 9.69 Å². The van der Waals surface area contributed by atoms with Gasteiger partial charge in [0.15, 0.2) is 5.82 Å². The highest BCUT2D eigenvalue weighted by atomic mass is 16.5. The molecule has 1 atom stereocenters. The zero-order valence-electron chi connectivity index (χ0n) is 14.1. The topological polar surface area (TPSA) is 80.5 Å². The fourth-order valence-corrected chi connectivity index (χ4v) is 4.36. The molecule has 24 heavy (non-hydrogen) atoms. The Kier molecular flexibility index (Phi) is 4.54. The van der Waals surface area contributed by atoms with Crippen LogP contribution in [0, 0.1) is 0 Å². The summed E-state index contributed by atoms with van der Waals surface area (Å²) in [6, 6.07) is 0. The Morgan fingerprint density at radius 3 is 2.71 bits per heavy atom. The van der Waals surface area contributed by atoms with Crippen LogP contribution < -0.4 is 5.32 Å². The van der Waals surface area contributed by atoms with Crippen molar-refractivity contribution in [2.75, 3.05) is 19.7 Å². The van der Waals surface area contributed by atoms with Crippen molar-refractivity contribution in [1.29, 1.82) is 0 Å². The molecule has 2 aliphatic heterocycles. The monoisotopic (exact) mass is 334 g/mol. The van der Waals surface area contributed by atoms with Gasteiger partial charge in [0.25, 0.3) is 5.89 Å². The lowest BCUT2D eigenvalue weighted by atomic mass is 9.94. The molecule has 1 aromatic rings. The number of aromatic nitrogens is 2. The maximum absolute atomic E-state index is 12.9. The number of hydrogen-bond acceptors (Lipinski definition) is 6. The molecule has 1 N–H and O–H groups in total. The standard InChI is InChI=1S/C17H26N4O3/c22-16(17(7-1-2-8-17)21-9-3-4-10-21)18-12-14-19-15(24-20-14)13-6-5-11-23-13/h13H,1-12H2,(H,18,22). The van der Waals surface area contributed by atoms with Gasteiger partial charge in [0.05, 0.1) is 6.54 Å². The summed E-state index contributed by atoms with van der Waals surface area (Å²) in [6.45, 7) is 3.15. The van der Waals surface area contributed by atoms with Gasteiger partial charge in [-0.15, -0.1) is 0 Å². The number of hydrogen-bond donors (Lipinski definition) is 1. The molecule has 0 spiro atoms. The number of amides is 1. The van der Waals surface area contributed by atoms with E-state index in [2.05, 4.69) is 20.4 Å². The number of nitrogens with zero attached hydrogens (tertiary/aromatic N) is 3. The van der Waals surface area contributed by atoms with Crippen molar-refractivity contribution in [2.24, 2.45) is 0 Å². The third kappa shape index (κ3) is 2.95. The molecule has 1 amide bonds. The molecule has 3 aliphatic rings. The highest BCUT2D eigenvalue weighted by Gasteiger charge is 2.46. The summed E-state index contributed by atoms with van der Waals surface area (Å²) in [6.07, 6.45) is 8.47. The first-order valence-corrected chi connectivity index (χ1v) is 9.25. The van der Waals surface area contributed by atoms with E-state index in [0.29, 0.717) is 18.3 Å². The summed E-state index contributed by atoms with van der Waals surface area (Å²) in [5.74, 6) is 1.20. The molecule has 1 aromatic heterocycles. The molecule has 1 unspecified atom stereocenters. The van der Waals surface area contributed by atoms with E-state index in [-0.39, 0.29) is 17.6 Å². The first-order valence-electron chi connectivity index (χ1n) is 9.25. The summed E-state index contributed by atoms with van der Waals surface area (Å²) in [4.78, 5) is 19.7. The van der Waals surface area contributed by atoms with Crippen LogP contribution in [0.15, 0.2) is 4.52 Å². The summed E-state index contributed by atoms with van der Waals surface area (Å²) >= 11 is 0. The van der Waals surface area contributed by atoms with E-state index in [9.17, 15) is 4.79 Å². The molecule has 3 heterocycles. The van der Waals surface area contributed by atoms with E-state index in [4.69, 9.17) is 9.26 Å². The number of carbonyl (C=O) groups is 1. The fraction of sp³-hybridized carbons (Fsp3) is 0.824. The number of carbonyl (C=O) groups excluding carboxylic acids is 1. The maximum atomic E-state index is 12.9. The largest absolute Gasteiger partial charge is 0.368 e. The van der Waals surface area contributed by atoms with Gasteiger partial charge in [0.2, 0.25) is 5.91 Å². The Morgan fingerprint density at radius 1 is 1.21 bits per heavy atom. The number of likely N-dealkylation sites (tertiary alicyclic amines) is 1. The molecular formula is C17H26N4O3. The molecule has 7 nitrogen and oxygen atoms in total. The molecule has 0 radical (unpaired) electrons. The predicted octanol–water partition coefficient (Wildman–Crippen LogP) is 1.95. The fourth-order valence-electron chi connectivity index (χ4n) is 4.36. The lowest BCUT2D eigenvalue weighted by Gasteiger charge is -2.37. The van der Waals surface area contributed by atoms with Crippen molar-refractivity contribution in [2.45, 2.75) is 69.6 Å². The quantitative estimate of drug-likeness (QED) is 0.886. The van der Waals surface area contributed by atoms with Crippen molar-refractivity contribution in [1.82, 2.24) is 20.4 Å². The smallest absolute Gasteiger partial charge is 0.255 e. The molecular weight excluding hydrogens is 308 g/mol. The van der Waals surface area contributed by atoms with E-state index < -0.39 is 0 Å². The number of ether oxygens (including phenoxy) is 1. The second kappa shape index (κ2) is 6.80. The van der Waals surface area contributed by atoms with E-state index in [0.717, 1.165) is 58.2 Å². The van der Waals surface area contributed by atoms with E-state index in [1.54, 1.807) is 0 Å². The number of rotatable bonds is 5. The maximum Gasteiger partial charge on any atom is 0.255 e. The Labute approximate surface area is 142 Å². The van der Waals surface area contributed by atoms with Gasteiger partial charge in [-0.25, -0.2) is 0 Å². The Balaban J connectivity index is 1.38. The van der Waals surface area contributed by atoms with E-state index in [1.165, 1.54) is 12.8 Å². The summed E-state index contributed by atoms with van der Waals surface area (Å²) in [5.41, 5.74) is -0.308. The SMILES string of the molecule is O=C(NCc1noc(C2CCCO2)n1)C1(N2CCCC2)CCCC1. The Hall–Kier alpha value is -1.47. The van der Waals surface area contributed by atoms with Crippen molar-refractivity contribution in [3.05, 3.63) is 11.7 Å². The van der Waals surface area contributed by atoms with Crippen LogP contribution in [-0.4, -0.2) is 46.2 Å². The average molecular weight is 334 g/mol. The van der Waals surface area contributed by atoms with Crippen molar-refractivity contribution >= 4 is 5.91 Å². The van der Waals surface area contributed by atoms with Crippen LogP contribution >= 0.6 is 0 Å². The third-order valence-corrected chi connectivity index (χ3v) is 5.66. The summed E-state index contributed by atoms with van der Waals surface area (Å²) in [7, 11) is 0. The normalized spacial score (nSPS) is 26.9. The molecule has 3 fully saturated rings. The van der Waals surface area contributed by atoms with Crippen molar-refractivity contribution in [3.8, 4) is 0 Å². The lowest BCUT2D eigenvalue weighted by molar-refractivity contribution is -0.133. The molecule has 2 saturated heterocycles. The summed E-state index contributed by atoms with van der Waals surface area (Å²) in [5, 5.41) is 7.04.